The Balaban J connectivity index is 3.22. The first-order chi connectivity index (χ1) is 14.0. The molecule has 0 aliphatic heterocycles. The van der Waals surface area contributed by atoms with Gasteiger partial charge in [0.05, 0.1) is 11.8 Å². The molecule has 0 aromatic heterocycles. The number of hydrogen-bond donors (Lipinski definition) is 3. The highest BCUT2D eigenvalue weighted by molar-refractivity contribution is 5.87. The van der Waals surface area contributed by atoms with Gasteiger partial charge in [0.25, 0.3) is 0 Å². The zero-order chi connectivity index (χ0) is 23.2. The number of allylic oxidation sites excluding steroid dienone is 1. The van der Waals surface area contributed by atoms with Gasteiger partial charge in [-0.15, -0.1) is 0 Å². The van der Waals surface area contributed by atoms with E-state index >= 15 is 0 Å². The number of carbonyl (C=O) groups excluding carboxylic acids is 3. The minimum absolute atomic E-state index is 0.224. The molecule has 0 amide bonds. The fourth-order valence-electron chi connectivity index (χ4n) is 2.75. The molecule has 30 heavy (non-hydrogen) atoms. The fourth-order valence-corrected chi connectivity index (χ4v) is 2.75. The van der Waals surface area contributed by atoms with Crippen LogP contribution in [0.25, 0.3) is 0 Å². The Hall–Kier alpha value is -1.97. The average molecular weight is 430 g/mol. The van der Waals surface area contributed by atoms with Gasteiger partial charge in [0.2, 0.25) is 0 Å². The Bertz CT molecular complexity index is 644. The molecule has 0 saturated heterocycles. The summed E-state index contributed by atoms with van der Waals surface area (Å²) >= 11 is 0. The van der Waals surface area contributed by atoms with Gasteiger partial charge in [-0.05, 0) is 26.7 Å². The summed E-state index contributed by atoms with van der Waals surface area (Å²) in [6.07, 6.45) is -7.46. The molecule has 1 fully saturated rings. The average Bonchev–Trinajstić information content (AvgIpc) is 2.74. The first-order valence-electron chi connectivity index (χ1n) is 10.3. The van der Waals surface area contributed by atoms with Gasteiger partial charge in [-0.3, -0.25) is 9.59 Å². The van der Waals surface area contributed by atoms with E-state index in [2.05, 4.69) is 0 Å². The Labute approximate surface area is 177 Å². The number of aliphatic hydroxyl groups excluding tert-OH is 3. The van der Waals surface area contributed by atoms with Crippen LogP contribution in [0.15, 0.2) is 11.6 Å². The van der Waals surface area contributed by atoms with E-state index < -0.39 is 66.4 Å². The molecule has 8 atom stereocenters. The number of carbonyl (C=O) groups is 3. The number of hydrogen-bond acceptors (Lipinski definition) is 9. The van der Waals surface area contributed by atoms with Crippen molar-refractivity contribution in [1.82, 2.24) is 0 Å². The van der Waals surface area contributed by atoms with Crippen molar-refractivity contribution in [3.63, 3.8) is 0 Å². The van der Waals surface area contributed by atoms with Crippen LogP contribution >= 0.6 is 0 Å². The topological polar surface area (TPSA) is 140 Å². The van der Waals surface area contributed by atoms with Crippen LogP contribution in [0.4, 0.5) is 0 Å². The van der Waals surface area contributed by atoms with Crippen LogP contribution in [0.1, 0.15) is 54.4 Å². The highest BCUT2D eigenvalue weighted by Crippen LogP contribution is 2.30. The minimum Gasteiger partial charge on any atom is -0.455 e. The van der Waals surface area contributed by atoms with Gasteiger partial charge in [-0.25, -0.2) is 4.79 Å². The second-order valence-electron chi connectivity index (χ2n) is 7.73. The van der Waals surface area contributed by atoms with E-state index in [-0.39, 0.29) is 5.57 Å². The highest BCUT2D eigenvalue weighted by Gasteiger charge is 2.55. The van der Waals surface area contributed by atoms with Crippen molar-refractivity contribution >= 4 is 17.9 Å². The number of aliphatic hydroxyl groups is 3. The van der Waals surface area contributed by atoms with Gasteiger partial charge in [-0.2, -0.15) is 0 Å². The molecule has 1 aliphatic rings. The Morgan fingerprint density at radius 2 is 1.20 bits per heavy atom. The van der Waals surface area contributed by atoms with Gasteiger partial charge >= 0.3 is 17.9 Å². The summed E-state index contributed by atoms with van der Waals surface area (Å²) < 4.78 is 15.8. The number of esters is 3. The number of ether oxygens (including phenoxy) is 3. The third-order valence-corrected chi connectivity index (χ3v) is 5.55. The Morgan fingerprint density at radius 3 is 1.60 bits per heavy atom. The summed E-state index contributed by atoms with van der Waals surface area (Å²) in [5.74, 6) is -3.19. The lowest BCUT2D eigenvalue weighted by atomic mass is 9.84. The molecule has 9 nitrogen and oxygen atoms in total. The van der Waals surface area contributed by atoms with Crippen LogP contribution in [0.5, 0.6) is 0 Å². The maximum atomic E-state index is 12.3. The van der Waals surface area contributed by atoms with Crippen molar-refractivity contribution in [1.29, 1.82) is 0 Å². The smallest absolute Gasteiger partial charge is 0.333 e. The predicted molar refractivity (Wildman–Crippen MR) is 106 cm³/mol. The van der Waals surface area contributed by atoms with E-state index in [4.69, 9.17) is 14.2 Å². The van der Waals surface area contributed by atoms with Crippen molar-refractivity contribution in [2.45, 2.75) is 91.0 Å². The van der Waals surface area contributed by atoms with Gasteiger partial charge in [0, 0.05) is 5.57 Å². The van der Waals surface area contributed by atoms with Crippen LogP contribution in [0.3, 0.4) is 0 Å². The van der Waals surface area contributed by atoms with E-state index in [0.29, 0.717) is 12.8 Å². The molecular formula is C21H34O9. The molecule has 3 N–H and O–H groups in total. The molecule has 2 unspecified atom stereocenters. The van der Waals surface area contributed by atoms with Crippen molar-refractivity contribution in [3.8, 4) is 0 Å². The van der Waals surface area contributed by atoms with E-state index in [1.165, 1.54) is 13.0 Å². The monoisotopic (exact) mass is 430 g/mol. The molecule has 1 saturated carbocycles. The molecular weight excluding hydrogens is 396 g/mol. The summed E-state index contributed by atoms with van der Waals surface area (Å²) in [5, 5.41) is 31.8. The Morgan fingerprint density at radius 1 is 0.800 bits per heavy atom. The fraction of sp³-hybridized carbons (Fsp3) is 0.762. The van der Waals surface area contributed by atoms with Gasteiger partial charge < -0.3 is 29.5 Å². The largest absolute Gasteiger partial charge is 0.455 e. The molecule has 0 spiro atoms. The molecule has 172 valence electrons. The van der Waals surface area contributed by atoms with E-state index in [1.54, 1.807) is 34.6 Å². The molecule has 0 bridgehead atoms. The standard InChI is InChI=1S/C21H34O9/c1-7-10(4)19(25)28-16-13(22)14(23)17(29-20(26)11(5)8-2)18(15(16)24)30-21(27)12(6)9-3/h7,11-18,22-24H,8-9H2,1-6H3/b10-7-/t11?,12?,13-,14-,15-,16+,17+,18-/m0/s1. The van der Waals surface area contributed by atoms with Crippen molar-refractivity contribution in [3.05, 3.63) is 11.6 Å². The maximum Gasteiger partial charge on any atom is 0.333 e. The maximum absolute atomic E-state index is 12.3. The van der Waals surface area contributed by atoms with Crippen LogP contribution in [-0.2, 0) is 28.6 Å². The second-order valence-corrected chi connectivity index (χ2v) is 7.73. The third kappa shape index (κ3) is 6.02. The van der Waals surface area contributed by atoms with E-state index in [9.17, 15) is 29.7 Å². The van der Waals surface area contributed by atoms with Crippen LogP contribution in [0, 0.1) is 11.8 Å². The van der Waals surface area contributed by atoms with Crippen LogP contribution in [0.2, 0.25) is 0 Å². The lowest BCUT2D eigenvalue weighted by molar-refractivity contribution is -0.248. The first-order valence-corrected chi connectivity index (χ1v) is 10.3. The molecule has 0 aromatic carbocycles. The lowest BCUT2D eigenvalue weighted by Gasteiger charge is -2.44. The van der Waals surface area contributed by atoms with Gasteiger partial charge in [0.1, 0.15) is 18.3 Å². The van der Waals surface area contributed by atoms with E-state index in [1.807, 2.05) is 0 Å². The highest BCUT2D eigenvalue weighted by atomic mass is 16.6. The van der Waals surface area contributed by atoms with Crippen molar-refractivity contribution in [2.24, 2.45) is 11.8 Å². The summed E-state index contributed by atoms with van der Waals surface area (Å²) in [5.41, 5.74) is 0.224. The zero-order valence-electron chi connectivity index (χ0n) is 18.4. The normalized spacial score (nSPS) is 31.4. The molecule has 9 heteroatoms. The molecule has 1 rings (SSSR count). The van der Waals surface area contributed by atoms with E-state index in [0.717, 1.165) is 0 Å². The van der Waals surface area contributed by atoms with Crippen molar-refractivity contribution < 1.29 is 43.9 Å². The third-order valence-electron chi connectivity index (χ3n) is 5.55. The Kier molecular flexibility index (Phi) is 9.93. The minimum atomic E-state index is -1.76. The van der Waals surface area contributed by atoms with Crippen LogP contribution in [-0.4, -0.2) is 69.9 Å². The summed E-state index contributed by atoms with van der Waals surface area (Å²) in [6.45, 7) is 9.88. The number of rotatable bonds is 8. The zero-order valence-corrected chi connectivity index (χ0v) is 18.4. The van der Waals surface area contributed by atoms with Gasteiger partial charge in [-0.1, -0.05) is 33.8 Å². The summed E-state index contributed by atoms with van der Waals surface area (Å²) in [4.78, 5) is 36.7. The van der Waals surface area contributed by atoms with Gasteiger partial charge in [0.15, 0.2) is 18.3 Å². The first kappa shape index (κ1) is 26.1. The second kappa shape index (κ2) is 11.4. The molecule has 0 aromatic rings. The molecule has 0 heterocycles. The van der Waals surface area contributed by atoms with Crippen molar-refractivity contribution in [2.75, 3.05) is 0 Å². The molecule has 1 aliphatic carbocycles. The quantitative estimate of drug-likeness (QED) is 0.291. The molecule has 0 radical (unpaired) electrons. The van der Waals surface area contributed by atoms with Crippen LogP contribution < -0.4 is 0 Å². The predicted octanol–water partition coefficient (Wildman–Crippen LogP) is 0.876. The summed E-state index contributed by atoms with van der Waals surface area (Å²) in [6, 6.07) is 0. The SMILES string of the molecule is C/C=C(/C)C(=O)O[C@@H]1[C@@H](O)[C@H](O)[C@@H](OC(=O)C(C)CC)[C@@H](OC(=O)C(C)CC)[C@H]1O. The lowest BCUT2D eigenvalue weighted by Crippen LogP contribution is -2.66. The summed E-state index contributed by atoms with van der Waals surface area (Å²) in [7, 11) is 0.